The van der Waals surface area contributed by atoms with Gasteiger partial charge in [0, 0.05) is 6.07 Å². The number of hydrogen-bond donors (Lipinski definition) is 1. The lowest BCUT2D eigenvalue weighted by Crippen LogP contribution is -2.35. The van der Waals surface area contributed by atoms with Gasteiger partial charge in [-0.15, -0.1) is 0 Å². The van der Waals surface area contributed by atoms with Crippen molar-refractivity contribution in [3.63, 3.8) is 0 Å². The molecule has 2 aromatic rings. The summed E-state index contributed by atoms with van der Waals surface area (Å²) in [6.07, 6.45) is 0. The first-order chi connectivity index (χ1) is 10.4. The number of carbonyl (C=O) groups excluding carboxylic acids is 1. The third-order valence-electron chi connectivity index (χ3n) is 2.88. The van der Waals surface area contributed by atoms with E-state index in [-0.39, 0.29) is 5.76 Å². The Hall–Kier alpha value is -2.19. The highest BCUT2D eigenvalue weighted by Crippen LogP contribution is 2.17. The van der Waals surface area contributed by atoms with E-state index in [1.165, 1.54) is 13.2 Å². The number of ether oxygens (including phenoxy) is 1. The fraction of sp³-hybridized carbons (Fsp3) is 0.286. The Morgan fingerprint density at radius 3 is 2.59 bits per heavy atom. The van der Waals surface area contributed by atoms with Crippen LogP contribution in [0.4, 0.5) is 0 Å². The average Bonchev–Trinajstić information content (AvgIpc) is 2.89. The van der Waals surface area contributed by atoms with Gasteiger partial charge in [0.25, 0.3) is 0 Å². The molecule has 0 aliphatic rings. The van der Waals surface area contributed by atoms with E-state index in [4.69, 9.17) is 4.52 Å². The van der Waals surface area contributed by atoms with Crippen LogP contribution in [-0.2, 0) is 25.3 Å². The highest BCUT2D eigenvalue weighted by atomic mass is 32.2. The lowest BCUT2D eigenvalue weighted by atomic mass is 10.1. The summed E-state index contributed by atoms with van der Waals surface area (Å²) < 4.78 is 36.3. The van der Waals surface area contributed by atoms with Crippen molar-refractivity contribution >= 4 is 16.0 Å². The topological polar surface area (TPSA) is 98.5 Å². The molecule has 0 unspecified atom stereocenters. The molecule has 7 nitrogen and oxygen atoms in total. The number of sulfonamides is 1. The van der Waals surface area contributed by atoms with E-state index in [0.29, 0.717) is 11.3 Å². The van der Waals surface area contributed by atoms with Crippen molar-refractivity contribution in [3.8, 4) is 0 Å². The quantitative estimate of drug-likeness (QED) is 0.805. The Bertz CT molecular complexity index is 740. The lowest BCUT2D eigenvalue weighted by molar-refractivity contribution is -0.142. The Labute approximate surface area is 128 Å². The minimum Gasteiger partial charge on any atom is -0.468 e. The maximum atomic E-state index is 12.2. The standard InChI is InChI=1S/C14H16N2O5S/c1-10-8-12(21-15-10)9-22(18,19)16-13(14(17)20-2)11-6-4-3-5-7-11/h3-8,13,16H,9H2,1-2H3/t13-/m0/s1. The van der Waals surface area contributed by atoms with Gasteiger partial charge >= 0.3 is 5.97 Å². The molecule has 0 spiro atoms. The van der Waals surface area contributed by atoms with E-state index in [1.54, 1.807) is 37.3 Å². The fourth-order valence-electron chi connectivity index (χ4n) is 1.91. The number of benzene rings is 1. The van der Waals surface area contributed by atoms with Crippen LogP contribution >= 0.6 is 0 Å². The predicted octanol–water partition coefficient (Wildman–Crippen LogP) is 1.32. The fourth-order valence-corrected chi connectivity index (χ4v) is 3.09. The monoisotopic (exact) mass is 324 g/mol. The Morgan fingerprint density at radius 1 is 1.36 bits per heavy atom. The van der Waals surface area contributed by atoms with Crippen LogP contribution in [0.15, 0.2) is 40.9 Å². The second-order valence-electron chi connectivity index (χ2n) is 4.68. The van der Waals surface area contributed by atoms with E-state index >= 15 is 0 Å². The zero-order chi connectivity index (χ0) is 16.2. The molecule has 0 saturated heterocycles. The van der Waals surface area contributed by atoms with Crippen LogP contribution in [0.5, 0.6) is 0 Å². The van der Waals surface area contributed by atoms with Crippen molar-refractivity contribution in [2.24, 2.45) is 0 Å². The molecule has 1 aromatic carbocycles. The lowest BCUT2D eigenvalue weighted by Gasteiger charge is -2.16. The molecule has 0 saturated carbocycles. The van der Waals surface area contributed by atoms with Crippen molar-refractivity contribution in [2.75, 3.05) is 7.11 Å². The van der Waals surface area contributed by atoms with Gasteiger partial charge in [0.15, 0.2) is 5.76 Å². The Morgan fingerprint density at radius 2 is 2.05 bits per heavy atom. The first kappa shape index (κ1) is 16.2. The molecule has 0 radical (unpaired) electrons. The second-order valence-corrected chi connectivity index (χ2v) is 6.43. The Balaban J connectivity index is 2.21. The molecule has 2 rings (SSSR count). The summed E-state index contributed by atoms with van der Waals surface area (Å²) in [5.74, 6) is -0.904. The highest BCUT2D eigenvalue weighted by Gasteiger charge is 2.27. The summed E-state index contributed by atoms with van der Waals surface area (Å²) in [6, 6.07) is 8.88. The predicted molar refractivity (Wildman–Crippen MR) is 78.2 cm³/mol. The molecule has 0 aliphatic carbocycles. The summed E-state index contributed by atoms with van der Waals surface area (Å²) >= 11 is 0. The zero-order valence-corrected chi connectivity index (χ0v) is 13.0. The molecule has 22 heavy (non-hydrogen) atoms. The number of nitrogens with one attached hydrogen (secondary N) is 1. The molecule has 1 N–H and O–H groups in total. The van der Waals surface area contributed by atoms with Crippen molar-refractivity contribution in [1.82, 2.24) is 9.88 Å². The number of hydrogen-bond acceptors (Lipinski definition) is 6. The molecular weight excluding hydrogens is 308 g/mol. The average molecular weight is 324 g/mol. The number of nitrogens with zero attached hydrogens (tertiary/aromatic N) is 1. The molecular formula is C14H16N2O5S. The number of aryl methyl sites for hydroxylation is 1. The summed E-state index contributed by atoms with van der Waals surface area (Å²) in [6.45, 7) is 1.69. The molecule has 1 aromatic heterocycles. The van der Waals surface area contributed by atoms with Gasteiger partial charge in [-0.2, -0.15) is 4.72 Å². The molecule has 1 atom stereocenters. The van der Waals surface area contributed by atoms with Crippen molar-refractivity contribution in [1.29, 1.82) is 0 Å². The van der Waals surface area contributed by atoms with E-state index in [0.717, 1.165) is 0 Å². The number of carbonyl (C=O) groups is 1. The third kappa shape index (κ3) is 4.15. The minimum atomic E-state index is -3.81. The van der Waals surface area contributed by atoms with Gasteiger partial charge in [-0.1, -0.05) is 35.5 Å². The van der Waals surface area contributed by atoms with Crippen LogP contribution in [0.2, 0.25) is 0 Å². The largest absolute Gasteiger partial charge is 0.468 e. The van der Waals surface area contributed by atoms with Crippen molar-refractivity contribution in [2.45, 2.75) is 18.7 Å². The SMILES string of the molecule is COC(=O)[C@@H](NS(=O)(=O)Cc1cc(C)no1)c1ccccc1. The van der Waals surface area contributed by atoms with Crippen molar-refractivity contribution in [3.05, 3.63) is 53.4 Å². The Kier molecular flexibility index (Phi) is 4.94. The van der Waals surface area contributed by atoms with E-state index < -0.39 is 27.8 Å². The van der Waals surface area contributed by atoms with Crippen LogP contribution in [0.3, 0.4) is 0 Å². The van der Waals surface area contributed by atoms with Gasteiger partial charge in [0.1, 0.15) is 11.8 Å². The third-order valence-corrected chi connectivity index (χ3v) is 4.14. The molecule has 8 heteroatoms. The molecule has 0 amide bonds. The number of methoxy groups -OCH3 is 1. The van der Waals surface area contributed by atoms with Crippen LogP contribution < -0.4 is 4.72 Å². The minimum absolute atomic E-state index is 0.196. The van der Waals surface area contributed by atoms with Crippen LogP contribution in [0.25, 0.3) is 0 Å². The molecule has 1 heterocycles. The summed E-state index contributed by atoms with van der Waals surface area (Å²) in [4.78, 5) is 11.9. The molecule has 0 aliphatic heterocycles. The van der Waals surface area contributed by atoms with Crippen molar-refractivity contribution < 1.29 is 22.5 Å². The molecule has 0 fully saturated rings. The summed E-state index contributed by atoms with van der Waals surface area (Å²) in [7, 11) is -2.61. The normalized spacial score (nSPS) is 12.8. The van der Waals surface area contributed by atoms with Gasteiger partial charge in [-0.3, -0.25) is 0 Å². The number of rotatable bonds is 6. The first-order valence-corrected chi connectivity index (χ1v) is 8.11. The first-order valence-electron chi connectivity index (χ1n) is 6.46. The van der Waals surface area contributed by atoms with Gasteiger partial charge < -0.3 is 9.26 Å². The highest BCUT2D eigenvalue weighted by molar-refractivity contribution is 7.88. The van der Waals surface area contributed by atoms with E-state index in [9.17, 15) is 13.2 Å². The summed E-state index contributed by atoms with van der Waals surface area (Å²) in [5, 5.41) is 3.63. The zero-order valence-electron chi connectivity index (χ0n) is 12.1. The van der Waals surface area contributed by atoms with E-state index in [1.807, 2.05) is 0 Å². The van der Waals surface area contributed by atoms with Crippen LogP contribution in [-0.4, -0.2) is 26.7 Å². The van der Waals surface area contributed by atoms with E-state index in [2.05, 4.69) is 14.6 Å². The maximum absolute atomic E-state index is 12.2. The molecule has 0 bridgehead atoms. The van der Waals surface area contributed by atoms with Gasteiger partial charge in [0.2, 0.25) is 10.0 Å². The van der Waals surface area contributed by atoms with Gasteiger partial charge in [-0.25, -0.2) is 13.2 Å². The van der Waals surface area contributed by atoms with Crippen LogP contribution in [0.1, 0.15) is 23.1 Å². The number of esters is 1. The molecule has 118 valence electrons. The second kappa shape index (κ2) is 6.71. The van der Waals surface area contributed by atoms with Gasteiger partial charge in [0.05, 0.1) is 12.8 Å². The summed E-state index contributed by atoms with van der Waals surface area (Å²) in [5.41, 5.74) is 1.07. The van der Waals surface area contributed by atoms with Crippen LogP contribution in [0, 0.1) is 6.92 Å². The smallest absolute Gasteiger partial charge is 0.328 e. The maximum Gasteiger partial charge on any atom is 0.328 e. The van der Waals surface area contributed by atoms with Gasteiger partial charge in [-0.05, 0) is 12.5 Å². The number of aromatic nitrogens is 1.